The van der Waals surface area contributed by atoms with Crippen LogP contribution in [-0.2, 0) is 0 Å². The number of nitrogens with one attached hydrogen (secondary N) is 2. The van der Waals surface area contributed by atoms with E-state index in [1.165, 1.54) is 70.9 Å². The fraction of sp³-hybridized carbons (Fsp3) is 1.00. The molecule has 0 heterocycles. The monoisotopic (exact) mass is 254 g/mol. The maximum atomic E-state index is 3.63. The van der Waals surface area contributed by atoms with E-state index in [2.05, 4.69) is 31.5 Å². The molecule has 1 aliphatic rings. The zero-order chi connectivity index (χ0) is 13.3. The lowest BCUT2D eigenvalue weighted by Gasteiger charge is -2.37. The highest BCUT2D eigenvalue weighted by Gasteiger charge is 2.29. The van der Waals surface area contributed by atoms with Gasteiger partial charge in [0, 0.05) is 5.54 Å². The summed E-state index contributed by atoms with van der Waals surface area (Å²) in [6.07, 6.45) is 12.4. The van der Waals surface area contributed by atoms with Crippen molar-refractivity contribution in [2.75, 3.05) is 20.1 Å². The Kier molecular flexibility index (Phi) is 7.92. The van der Waals surface area contributed by atoms with Crippen molar-refractivity contribution in [1.82, 2.24) is 10.6 Å². The van der Waals surface area contributed by atoms with Crippen LogP contribution in [0, 0.1) is 5.92 Å². The molecule has 2 N–H and O–H groups in total. The van der Waals surface area contributed by atoms with E-state index in [1.54, 1.807) is 0 Å². The normalized spacial score (nSPS) is 19.3. The molecule has 2 nitrogen and oxygen atoms in total. The van der Waals surface area contributed by atoms with Gasteiger partial charge in [-0.3, -0.25) is 0 Å². The quantitative estimate of drug-likeness (QED) is 0.613. The molecule has 0 aliphatic heterocycles. The van der Waals surface area contributed by atoms with Crippen LogP contribution in [0.15, 0.2) is 0 Å². The van der Waals surface area contributed by atoms with Gasteiger partial charge in [-0.2, -0.15) is 0 Å². The molecular weight excluding hydrogens is 220 g/mol. The highest BCUT2D eigenvalue weighted by atomic mass is 15.0. The van der Waals surface area contributed by atoms with Crippen molar-refractivity contribution >= 4 is 0 Å². The highest BCUT2D eigenvalue weighted by Crippen LogP contribution is 2.30. The molecule has 1 saturated carbocycles. The average Bonchev–Trinajstić information content (AvgIpc) is 2.38. The largest absolute Gasteiger partial charge is 0.317 e. The molecule has 108 valence electrons. The summed E-state index contributed by atoms with van der Waals surface area (Å²) >= 11 is 0. The summed E-state index contributed by atoms with van der Waals surface area (Å²) in [7, 11) is 2.15. The van der Waals surface area contributed by atoms with Gasteiger partial charge in [-0.25, -0.2) is 0 Å². The van der Waals surface area contributed by atoms with Crippen LogP contribution >= 0.6 is 0 Å². The van der Waals surface area contributed by atoms with Crippen LogP contribution in [0.3, 0.4) is 0 Å². The van der Waals surface area contributed by atoms with Gasteiger partial charge in [-0.1, -0.05) is 46.0 Å². The van der Waals surface area contributed by atoms with E-state index in [9.17, 15) is 0 Å². The van der Waals surface area contributed by atoms with Crippen LogP contribution in [0.2, 0.25) is 0 Å². The standard InChI is InChI=1S/C16H34N2/c1-15(2)9-5-8-13-18-14-12-16(17-3)10-6-4-7-11-16/h15,17-18H,4-14H2,1-3H3. The third-order valence-electron chi connectivity index (χ3n) is 4.51. The highest BCUT2D eigenvalue weighted by molar-refractivity contribution is 4.89. The minimum atomic E-state index is 0.448. The van der Waals surface area contributed by atoms with E-state index in [0.29, 0.717) is 5.54 Å². The lowest BCUT2D eigenvalue weighted by atomic mass is 9.79. The Balaban J connectivity index is 2.02. The van der Waals surface area contributed by atoms with Crippen molar-refractivity contribution in [2.45, 2.75) is 77.2 Å². The van der Waals surface area contributed by atoms with Crippen LogP contribution in [0.1, 0.15) is 71.6 Å². The van der Waals surface area contributed by atoms with E-state index in [1.807, 2.05) is 0 Å². The summed E-state index contributed by atoms with van der Waals surface area (Å²) in [6.45, 7) is 7.01. The minimum absolute atomic E-state index is 0.448. The summed E-state index contributed by atoms with van der Waals surface area (Å²) in [5, 5.41) is 7.22. The van der Waals surface area contributed by atoms with E-state index >= 15 is 0 Å². The third-order valence-corrected chi connectivity index (χ3v) is 4.51. The van der Waals surface area contributed by atoms with Gasteiger partial charge in [-0.15, -0.1) is 0 Å². The molecule has 0 bridgehead atoms. The van der Waals surface area contributed by atoms with E-state index < -0.39 is 0 Å². The molecule has 0 spiro atoms. The Morgan fingerprint density at radius 3 is 2.33 bits per heavy atom. The number of unbranched alkanes of at least 4 members (excludes halogenated alkanes) is 1. The Morgan fingerprint density at radius 1 is 1.00 bits per heavy atom. The SMILES string of the molecule is CNC1(CCNCCCCC(C)C)CCCCC1. The summed E-state index contributed by atoms with van der Waals surface area (Å²) < 4.78 is 0. The van der Waals surface area contributed by atoms with Gasteiger partial charge >= 0.3 is 0 Å². The summed E-state index contributed by atoms with van der Waals surface area (Å²) in [6, 6.07) is 0. The number of hydrogen-bond acceptors (Lipinski definition) is 2. The molecule has 2 heteroatoms. The second-order valence-corrected chi connectivity index (χ2v) is 6.48. The third kappa shape index (κ3) is 6.19. The molecule has 0 aromatic carbocycles. The predicted octanol–water partition coefficient (Wildman–Crippen LogP) is 3.71. The molecule has 1 aliphatic carbocycles. The predicted molar refractivity (Wildman–Crippen MR) is 81.1 cm³/mol. The van der Waals surface area contributed by atoms with Gasteiger partial charge < -0.3 is 10.6 Å². The zero-order valence-electron chi connectivity index (χ0n) is 12.9. The fourth-order valence-electron chi connectivity index (χ4n) is 3.11. The number of hydrogen-bond donors (Lipinski definition) is 2. The molecule has 0 atom stereocenters. The maximum Gasteiger partial charge on any atom is 0.0190 e. The Hall–Kier alpha value is -0.0800. The molecule has 0 aromatic rings. The minimum Gasteiger partial charge on any atom is -0.317 e. The van der Waals surface area contributed by atoms with Crippen LogP contribution < -0.4 is 10.6 Å². The van der Waals surface area contributed by atoms with Gasteiger partial charge in [0.2, 0.25) is 0 Å². The van der Waals surface area contributed by atoms with Crippen molar-refractivity contribution in [3.8, 4) is 0 Å². The first-order chi connectivity index (χ1) is 8.68. The number of rotatable bonds is 9. The summed E-state index contributed by atoms with van der Waals surface area (Å²) in [5.74, 6) is 0.861. The Bertz CT molecular complexity index is 195. The molecular formula is C16H34N2. The Labute approximate surface area is 114 Å². The van der Waals surface area contributed by atoms with Crippen molar-refractivity contribution in [2.24, 2.45) is 5.92 Å². The topological polar surface area (TPSA) is 24.1 Å². The maximum absolute atomic E-state index is 3.63. The van der Waals surface area contributed by atoms with E-state index in [4.69, 9.17) is 0 Å². The molecule has 0 amide bonds. The first-order valence-corrected chi connectivity index (χ1v) is 8.08. The average molecular weight is 254 g/mol. The smallest absolute Gasteiger partial charge is 0.0190 e. The van der Waals surface area contributed by atoms with Crippen molar-refractivity contribution in [3.05, 3.63) is 0 Å². The Morgan fingerprint density at radius 2 is 1.72 bits per heavy atom. The van der Waals surface area contributed by atoms with Gasteiger partial charge in [-0.05, 0) is 51.7 Å². The van der Waals surface area contributed by atoms with E-state index in [0.717, 1.165) is 5.92 Å². The molecule has 0 saturated heterocycles. The van der Waals surface area contributed by atoms with Crippen LogP contribution in [-0.4, -0.2) is 25.7 Å². The first kappa shape index (κ1) is 16.0. The molecule has 0 aromatic heterocycles. The van der Waals surface area contributed by atoms with Crippen molar-refractivity contribution in [1.29, 1.82) is 0 Å². The zero-order valence-corrected chi connectivity index (χ0v) is 12.9. The molecule has 1 rings (SSSR count). The summed E-state index contributed by atoms with van der Waals surface area (Å²) in [4.78, 5) is 0. The first-order valence-electron chi connectivity index (χ1n) is 8.08. The molecule has 18 heavy (non-hydrogen) atoms. The lowest BCUT2D eigenvalue weighted by molar-refractivity contribution is 0.228. The van der Waals surface area contributed by atoms with Crippen molar-refractivity contribution < 1.29 is 0 Å². The molecule has 0 radical (unpaired) electrons. The molecule has 0 unspecified atom stereocenters. The molecule has 1 fully saturated rings. The lowest BCUT2D eigenvalue weighted by Crippen LogP contribution is -2.46. The van der Waals surface area contributed by atoms with E-state index in [-0.39, 0.29) is 0 Å². The van der Waals surface area contributed by atoms with Gasteiger partial charge in [0.25, 0.3) is 0 Å². The fourth-order valence-corrected chi connectivity index (χ4v) is 3.11. The van der Waals surface area contributed by atoms with Crippen LogP contribution in [0.5, 0.6) is 0 Å². The van der Waals surface area contributed by atoms with Crippen molar-refractivity contribution in [3.63, 3.8) is 0 Å². The summed E-state index contributed by atoms with van der Waals surface area (Å²) in [5.41, 5.74) is 0.448. The second kappa shape index (κ2) is 8.92. The van der Waals surface area contributed by atoms with Gasteiger partial charge in [0.05, 0.1) is 0 Å². The van der Waals surface area contributed by atoms with Crippen LogP contribution in [0.4, 0.5) is 0 Å². The van der Waals surface area contributed by atoms with Gasteiger partial charge in [0.15, 0.2) is 0 Å². The second-order valence-electron chi connectivity index (χ2n) is 6.48. The van der Waals surface area contributed by atoms with Crippen LogP contribution in [0.25, 0.3) is 0 Å². The van der Waals surface area contributed by atoms with Gasteiger partial charge in [0.1, 0.15) is 0 Å².